The molecule has 0 unspecified atom stereocenters. The Morgan fingerprint density at radius 2 is 2.12 bits per heavy atom. The number of piperidine rings is 1. The molecule has 0 spiro atoms. The number of hydrogen-bond acceptors (Lipinski definition) is 5. The number of carbonyl (C=O) groups is 1. The highest BCUT2D eigenvalue weighted by atomic mass is 32.1. The molecule has 7 heteroatoms. The summed E-state index contributed by atoms with van der Waals surface area (Å²) in [7, 11) is 4.17. The van der Waals surface area contributed by atoms with Gasteiger partial charge in [0.25, 0.3) is 5.91 Å². The number of imidazole rings is 1. The largest absolute Gasteiger partial charge is 0.337 e. The fraction of sp³-hybridized carbons (Fsp3) is 0.588. The molecule has 0 bridgehead atoms. The van der Waals surface area contributed by atoms with Gasteiger partial charge in [-0.3, -0.25) is 4.79 Å². The van der Waals surface area contributed by atoms with Crippen molar-refractivity contribution in [1.29, 1.82) is 0 Å². The smallest absolute Gasteiger partial charge is 0.273 e. The van der Waals surface area contributed by atoms with Crippen LogP contribution in [0.25, 0.3) is 0 Å². The molecule has 1 amide bonds. The summed E-state index contributed by atoms with van der Waals surface area (Å²) in [5.41, 5.74) is 0.587. The van der Waals surface area contributed by atoms with E-state index in [4.69, 9.17) is 0 Å². The lowest BCUT2D eigenvalue weighted by Crippen LogP contribution is -2.38. The number of likely N-dealkylation sites (tertiary alicyclic amines) is 1. The molecule has 0 atom stereocenters. The van der Waals surface area contributed by atoms with E-state index in [0.717, 1.165) is 49.9 Å². The van der Waals surface area contributed by atoms with Crippen LogP contribution in [-0.2, 0) is 6.54 Å². The number of aromatic nitrogens is 3. The van der Waals surface area contributed by atoms with E-state index in [1.807, 2.05) is 23.4 Å². The van der Waals surface area contributed by atoms with Gasteiger partial charge < -0.3 is 14.4 Å². The summed E-state index contributed by atoms with van der Waals surface area (Å²) in [4.78, 5) is 25.5. The highest BCUT2D eigenvalue weighted by Gasteiger charge is 2.27. The lowest BCUT2D eigenvalue weighted by molar-refractivity contribution is 0.0705. The summed E-state index contributed by atoms with van der Waals surface area (Å²) in [5.74, 6) is 1.66. The fourth-order valence-electron chi connectivity index (χ4n) is 3.14. The zero-order chi connectivity index (χ0) is 17.1. The Balaban J connectivity index is 1.59. The highest BCUT2D eigenvalue weighted by molar-refractivity contribution is 7.09. The molecule has 1 saturated heterocycles. The van der Waals surface area contributed by atoms with Gasteiger partial charge in [-0.25, -0.2) is 9.97 Å². The van der Waals surface area contributed by atoms with Gasteiger partial charge in [-0.05, 0) is 33.9 Å². The van der Waals surface area contributed by atoms with E-state index >= 15 is 0 Å². The van der Waals surface area contributed by atoms with E-state index in [0.29, 0.717) is 11.6 Å². The summed E-state index contributed by atoms with van der Waals surface area (Å²) < 4.78 is 2.26. The van der Waals surface area contributed by atoms with Gasteiger partial charge in [-0.1, -0.05) is 0 Å². The molecule has 6 nitrogen and oxygen atoms in total. The van der Waals surface area contributed by atoms with E-state index < -0.39 is 0 Å². The van der Waals surface area contributed by atoms with Gasteiger partial charge in [0.1, 0.15) is 11.5 Å². The molecule has 3 rings (SSSR count). The van der Waals surface area contributed by atoms with Crippen molar-refractivity contribution in [3.05, 3.63) is 34.3 Å². The number of amides is 1. The Hall–Kier alpha value is -1.73. The molecular weight excluding hydrogens is 322 g/mol. The van der Waals surface area contributed by atoms with Crippen LogP contribution in [0.5, 0.6) is 0 Å². The van der Waals surface area contributed by atoms with Crippen LogP contribution < -0.4 is 0 Å². The molecule has 130 valence electrons. The summed E-state index contributed by atoms with van der Waals surface area (Å²) >= 11 is 1.53. The highest BCUT2D eigenvalue weighted by Crippen LogP contribution is 2.27. The third-order valence-corrected chi connectivity index (χ3v) is 5.29. The summed E-state index contributed by atoms with van der Waals surface area (Å²) in [6, 6.07) is 0. The molecule has 0 aromatic carbocycles. The van der Waals surface area contributed by atoms with Gasteiger partial charge in [0.2, 0.25) is 0 Å². The number of likely N-dealkylation sites (N-methyl/N-ethyl adjacent to an activating group) is 1. The standard InChI is InChI=1S/C17H25N5OS/c1-13-19-15(12-24-13)17(23)22-7-4-14(5-8-22)16-18-6-9-21(16)11-10-20(2)3/h6,9,12,14H,4-5,7-8,10-11H2,1-3H3. The SMILES string of the molecule is Cc1nc(C(=O)N2CCC(c3nccn3CCN(C)C)CC2)cs1. The molecule has 0 radical (unpaired) electrons. The maximum atomic E-state index is 12.5. The van der Waals surface area contributed by atoms with Gasteiger partial charge in [0, 0.05) is 49.9 Å². The first-order valence-electron chi connectivity index (χ1n) is 8.41. The summed E-state index contributed by atoms with van der Waals surface area (Å²) in [5, 5.41) is 2.80. The molecule has 1 fully saturated rings. The quantitative estimate of drug-likeness (QED) is 0.832. The second-order valence-electron chi connectivity index (χ2n) is 6.60. The van der Waals surface area contributed by atoms with E-state index in [1.165, 1.54) is 11.3 Å². The minimum atomic E-state index is 0.0637. The first kappa shape index (κ1) is 17.1. The fourth-order valence-corrected chi connectivity index (χ4v) is 3.73. The Bertz CT molecular complexity index is 685. The Morgan fingerprint density at radius 1 is 1.38 bits per heavy atom. The second kappa shape index (κ2) is 7.44. The number of hydrogen-bond donors (Lipinski definition) is 0. The third kappa shape index (κ3) is 3.84. The van der Waals surface area contributed by atoms with Gasteiger partial charge >= 0.3 is 0 Å². The number of thiazole rings is 1. The van der Waals surface area contributed by atoms with Crippen LogP contribution in [0.3, 0.4) is 0 Å². The Labute approximate surface area is 147 Å². The van der Waals surface area contributed by atoms with Gasteiger partial charge in [-0.2, -0.15) is 0 Å². The van der Waals surface area contributed by atoms with E-state index in [1.54, 1.807) is 0 Å². The minimum Gasteiger partial charge on any atom is -0.337 e. The zero-order valence-electron chi connectivity index (χ0n) is 14.6. The van der Waals surface area contributed by atoms with Gasteiger partial charge in [0.05, 0.1) is 5.01 Å². The van der Waals surface area contributed by atoms with Crippen LogP contribution in [0.2, 0.25) is 0 Å². The van der Waals surface area contributed by atoms with Crippen molar-refractivity contribution in [3.8, 4) is 0 Å². The van der Waals surface area contributed by atoms with E-state index in [-0.39, 0.29) is 5.91 Å². The third-order valence-electron chi connectivity index (χ3n) is 4.52. The number of carbonyl (C=O) groups excluding carboxylic acids is 1. The molecule has 0 N–H and O–H groups in total. The van der Waals surface area contributed by atoms with Crippen molar-refractivity contribution in [2.75, 3.05) is 33.7 Å². The number of aryl methyl sites for hydroxylation is 1. The Kier molecular flexibility index (Phi) is 5.30. The lowest BCUT2D eigenvalue weighted by atomic mass is 9.95. The molecular formula is C17H25N5OS. The second-order valence-corrected chi connectivity index (χ2v) is 7.66. The predicted molar refractivity (Wildman–Crippen MR) is 95.5 cm³/mol. The van der Waals surface area contributed by atoms with Crippen LogP contribution in [-0.4, -0.2) is 64.0 Å². The van der Waals surface area contributed by atoms with Crippen molar-refractivity contribution < 1.29 is 4.79 Å². The summed E-state index contributed by atoms with van der Waals surface area (Å²) in [6.45, 7) is 5.45. The molecule has 0 aliphatic carbocycles. The predicted octanol–water partition coefficient (Wildman–Crippen LogP) is 2.23. The number of rotatable bonds is 5. The van der Waals surface area contributed by atoms with E-state index in [2.05, 4.69) is 39.7 Å². The van der Waals surface area contributed by atoms with Crippen molar-refractivity contribution in [1.82, 2.24) is 24.3 Å². The first-order chi connectivity index (χ1) is 11.5. The molecule has 3 heterocycles. The summed E-state index contributed by atoms with van der Waals surface area (Å²) in [6.07, 6.45) is 5.89. The molecule has 1 aliphatic heterocycles. The molecule has 0 saturated carbocycles. The molecule has 24 heavy (non-hydrogen) atoms. The lowest BCUT2D eigenvalue weighted by Gasteiger charge is -2.31. The molecule has 1 aliphatic rings. The van der Waals surface area contributed by atoms with Crippen molar-refractivity contribution in [2.24, 2.45) is 0 Å². The van der Waals surface area contributed by atoms with Gasteiger partial charge in [0.15, 0.2) is 0 Å². The van der Waals surface area contributed by atoms with Crippen LogP contribution in [0.4, 0.5) is 0 Å². The zero-order valence-corrected chi connectivity index (χ0v) is 15.4. The maximum absolute atomic E-state index is 12.5. The van der Waals surface area contributed by atoms with Crippen molar-refractivity contribution in [2.45, 2.75) is 32.2 Å². The topological polar surface area (TPSA) is 54.3 Å². The van der Waals surface area contributed by atoms with Gasteiger partial charge in [-0.15, -0.1) is 11.3 Å². The minimum absolute atomic E-state index is 0.0637. The molecule has 2 aromatic heterocycles. The number of nitrogens with zero attached hydrogens (tertiary/aromatic N) is 5. The van der Waals surface area contributed by atoms with Crippen LogP contribution >= 0.6 is 11.3 Å². The van der Waals surface area contributed by atoms with Crippen molar-refractivity contribution in [3.63, 3.8) is 0 Å². The molecule has 2 aromatic rings. The normalized spacial score (nSPS) is 16.1. The van der Waals surface area contributed by atoms with E-state index in [9.17, 15) is 4.79 Å². The maximum Gasteiger partial charge on any atom is 0.273 e. The monoisotopic (exact) mass is 347 g/mol. The van der Waals surface area contributed by atoms with Crippen molar-refractivity contribution >= 4 is 17.2 Å². The van der Waals surface area contributed by atoms with Crippen LogP contribution in [0.1, 0.15) is 40.1 Å². The van der Waals surface area contributed by atoms with Crippen LogP contribution in [0, 0.1) is 6.92 Å². The van der Waals surface area contributed by atoms with Crippen LogP contribution in [0.15, 0.2) is 17.8 Å². The average Bonchev–Trinajstić information content (AvgIpc) is 3.21. The Morgan fingerprint density at radius 3 is 2.75 bits per heavy atom. The average molecular weight is 347 g/mol. The first-order valence-corrected chi connectivity index (χ1v) is 9.29.